The largest absolute Gasteiger partial charge is 0.310 e. The number of nitrogens with zero attached hydrogens (tertiary/aromatic N) is 2. The molecule has 0 fully saturated rings. The molecule has 2 aromatic heterocycles. The maximum absolute atomic E-state index is 2.56. The van der Waals surface area contributed by atoms with Gasteiger partial charge >= 0.3 is 0 Å². The minimum Gasteiger partial charge on any atom is -0.310 e. The molecule has 0 atom stereocenters. The van der Waals surface area contributed by atoms with Gasteiger partial charge in [-0.3, -0.25) is 0 Å². The summed E-state index contributed by atoms with van der Waals surface area (Å²) >= 11 is 3.80. The molecule has 0 unspecified atom stereocenters. The van der Waals surface area contributed by atoms with E-state index in [0.29, 0.717) is 0 Å². The monoisotopic (exact) mass is 1670 g/mol. The Morgan fingerprint density at radius 1 is 0.172 bits per heavy atom. The topological polar surface area (TPSA) is 6.48 Å². The van der Waals surface area contributed by atoms with Crippen molar-refractivity contribution in [2.75, 3.05) is 9.80 Å². The van der Waals surface area contributed by atoms with E-state index in [1.54, 1.807) is 0 Å². The van der Waals surface area contributed by atoms with Gasteiger partial charge in [-0.1, -0.05) is 345 Å². The highest BCUT2D eigenvalue weighted by Gasteiger charge is 2.47. The third-order valence-electron chi connectivity index (χ3n) is 29.0. The van der Waals surface area contributed by atoms with Crippen LogP contribution in [0.2, 0.25) is 0 Å². The van der Waals surface area contributed by atoms with Crippen molar-refractivity contribution in [3.63, 3.8) is 0 Å². The fraction of sp³-hybridized carbons (Fsp3) is 0.0806. The second kappa shape index (κ2) is 28.9. The van der Waals surface area contributed by atoms with Crippen LogP contribution in [0.3, 0.4) is 0 Å². The molecule has 4 aliphatic carbocycles. The van der Waals surface area contributed by atoms with E-state index in [2.05, 4.69) is 476 Å². The molecule has 128 heavy (non-hydrogen) atoms. The quantitative estimate of drug-likeness (QED) is 0.107. The number of rotatable bonds is 14. The van der Waals surface area contributed by atoms with Crippen LogP contribution in [0.25, 0.3) is 152 Å². The van der Waals surface area contributed by atoms with E-state index >= 15 is 0 Å². The first-order chi connectivity index (χ1) is 62.7. The normalized spacial score (nSPS) is 14.1. The van der Waals surface area contributed by atoms with Crippen LogP contribution >= 0.6 is 22.7 Å². The first-order valence-corrected chi connectivity index (χ1v) is 46.4. The van der Waals surface area contributed by atoms with Crippen LogP contribution in [0.15, 0.2) is 425 Å². The van der Waals surface area contributed by atoms with Crippen molar-refractivity contribution in [3.05, 3.63) is 480 Å². The molecule has 21 aromatic rings. The van der Waals surface area contributed by atoms with Crippen LogP contribution in [0.1, 0.15) is 97.2 Å². The molecule has 606 valence electrons. The predicted molar refractivity (Wildman–Crippen MR) is 544 cm³/mol. The van der Waals surface area contributed by atoms with Gasteiger partial charge in [-0.05, 0) is 277 Å². The fourth-order valence-electron chi connectivity index (χ4n) is 22.6. The van der Waals surface area contributed by atoms with Gasteiger partial charge < -0.3 is 9.80 Å². The average Bonchev–Trinajstić information content (AvgIpc) is 1.53. The number of thiophene rings is 2. The van der Waals surface area contributed by atoms with Crippen LogP contribution in [0.5, 0.6) is 0 Å². The molecule has 4 aliphatic rings. The van der Waals surface area contributed by atoms with Crippen molar-refractivity contribution in [1.82, 2.24) is 0 Å². The first-order valence-electron chi connectivity index (χ1n) is 44.8. The Labute approximate surface area is 755 Å². The van der Waals surface area contributed by atoms with Gasteiger partial charge in [-0.15, -0.1) is 22.7 Å². The minimum atomic E-state index is -0.657. The predicted octanol–water partition coefficient (Wildman–Crippen LogP) is 34.6. The molecule has 0 bridgehead atoms. The summed E-state index contributed by atoms with van der Waals surface area (Å²) in [4.78, 5) is 4.96. The Morgan fingerprint density at radius 2 is 0.508 bits per heavy atom. The number of hydrogen-bond acceptors (Lipinski definition) is 4. The van der Waals surface area contributed by atoms with Crippen LogP contribution in [0, 0.1) is 0 Å². The number of anilines is 6. The van der Waals surface area contributed by atoms with Crippen LogP contribution in [-0.2, 0) is 21.7 Å². The van der Waals surface area contributed by atoms with Crippen molar-refractivity contribution in [2.45, 2.75) is 63.2 Å². The van der Waals surface area contributed by atoms with E-state index in [1.807, 2.05) is 22.7 Å². The molecule has 0 saturated carbocycles. The summed E-state index contributed by atoms with van der Waals surface area (Å²) in [6, 6.07) is 161. The molecule has 0 spiro atoms. The molecule has 0 radical (unpaired) electrons. The molecular formula is C124H88N2S2. The Bertz CT molecular complexity index is 8090. The molecule has 0 aliphatic heterocycles. The van der Waals surface area contributed by atoms with E-state index in [0.717, 1.165) is 56.4 Å². The zero-order valence-corrected chi connectivity index (χ0v) is 73.8. The summed E-state index contributed by atoms with van der Waals surface area (Å²) < 4.78 is 5.15. The number of benzene rings is 19. The van der Waals surface area contributed by atoms with Gasteiger partial charge in [-0.2, -0.15) is 0 Å². The van der Waals surface area contributed by atoms with E-state index in [9.17, 15) is 0 Å². The molecular weight excluding hydrogens is 1580 g/mol. The smallest absolute Gasteiger partial charge is 0.0713 e. The van der Waals surface area contributed by atoms with Gasteiger partial charge in [-0.25, -0.2) is 0 Å². The van der Waals surface area contributed by atoms with Gasteiger partial charge in [0.25, 0.3) is 0 Å². The molecule has 2 nitrogen and oxygen atoms in total. The lowest BCUT2D eigenvalue weighted by atomic mass is 9.67. The number of hydrogen-bond donors (Lipinski definition) is 0. The Kier molecular flexibility index (Phi) is 17.1. The third-order valence-corrected chi connectivity index (χ3v) is 31.4. The maximum atomic E-state index is 2.56. The lowest BCUT2D eigenvalue weighted by Crippen LogP contribution is -2.28. The van der Waals surface area contributed by atoms with Gasteiger partial charge in [0.2, 0.25) is 0 Å². The van der Waals surface area contributed by atoms with Crippen LogP contribution in [0.4, 0.5) is 34.1 Å². The molecule has 19 aromatic carbocycles. The zero-order chi connectivity index (χ0) is 85.5. The molecule has 25 rings (SSSR count). The van der Waals surface area contributed by atoms with Crippen molar-refractivity contribution in [3.8, 4) is 111 Å². The van der Waals surface area contributed by atoms with Gasteiger partial charge in [0.1, 0.15) is 0 Å². The van der Waals surface area contributed by atoms with E-state index < -0.39 is 5.41 Å². The van der Waals surface area contributed by atoms with Crippen LogP contribution < -0.4 is 9.80 Å². The number of fused-ring (bicyclic) bond motifs is 18. The summed E-state index contributed by atoms with van der Waals surface area (Å²) in [5.74, 6) is 0. The van der Waals surface area contributed by atoms with Crippen molar-refractivity contribution in [2.24, 2.45) is 0 Å². The zero-order valence-electron chi connectivity index (χ0n) is 72.1. The molecule has 4 heteroatoms. The second-order valence-corrected chi connectivity index (χ2v) is 39.1. The highest BCUT2D eigenvalue weighted by atomic mass is 32.1. The standard InChI is InChI=1S/C124H88N2S2/c1-121(2)109-40-21-16-35-95(109)98-62-51-84(71-113(98)121)105-73-94(74-108-103-39-20-25-44-118(103)128-120(105)108)126(93-61-65-100-97-37-18-23-42-111(97)123(5,6)115(100)76-93)91-56-47-79(48-57-91)81-29-26-30-82(67-81)83-53-66-112-106(68-83)101-63-52-85(72-116(101)124(112,87-31-12-8-13-32-87)88-33-14-9-15-34-88)104-69-86(70-107-102-38-19-24-43-117(102)127-119(104)107)80-49-58-90(59-50-80)125(89-54-45-78(46-55-89)77-27-10-7-11-28-77)92-60-64-99-96-36-17-22-41-110(96)122(3,4)114(99)75-92/h7-76H,1-6H3. The average molecular weight is 1670 g/mol. The van der Waals surface area contributed by atoms with E-state index in [-0.39, 0.29) is 16.2 Å². The van der Waals surface area contributed by atoms with Crippen molar-refractivity contribution < 1.29 is 0 Å². The summed E-state index contributed by atoms with van der Waals surface area (Å²) in [7, 11) is 0. The Hall–Kier alpha value is -14.8. The highest BCUT2D eigenvalue weighted by molar-refractivity contribution is 7.26. The van der Waals surface area contributed by atoms with Gasteiger partial charge in [0.05, 0.1) is 5.41 Å². The summed E-state index contributed by atoms with van der Waals surface area (Å²) in [5, 5.41) is 5.07. The van der Waals surface area contributed by atoms with E-state index in [4.69, 9.17) is 0 Å². The fourth-order valence-corrected chi connectivity index (χ4v) is 25.0. The van der Waals surface area contributed by atoms with Gasteiger partial charge in [0, 0.05) is 102 Å². The minimum absolute atomic E-state index is 0.150. The SMILES string of the molecule is CC1(C)c2ccccc2-c2ccc(-c3cc(N(c4ccc(-c5cccc(-c6ccc7c(c6)-c6ccc(-c8cc(-c9ccc(N(c%10ccc(-c%11ccccc%11)cc%10)c%10ccc%11c(c%10)C(C)(C)c%10ccccc%10-%11)cc9)cc9c8sc8ccccc89)cc6C7(c6ccccc6)c6ccccc6)c5)cc4)c4ccc5c(c4)C(C)(C)c4ccccc4-5)cc4c3sc3ccccc34)cc21. The molecule has 0 N–H and O–H groups in total. The first kappa shape index (κ1) is 75.7. The Morgan fingerprint density at radius 3 is 1.02 bits per heavy atom. The van der Waals surface area contributed by atoms with Gasteiger partial charge in [0.15, 0.2) is 0 Å². The van der Waals surface area contributed by atoms with Crippen molar-refractivity contribution >= 4 is 97.1 Å². The summed E-state index contributed by atoms with van der Waals surface area (Å²) in [6.45, 7) is 14.3. The lowest BCUT2D eigenvalue weighted by Gasteiger charge is -2.34. The maximum Gasteiger partial charge on any atom is 0.0713 e. The summed E-state index contributed by atoms with van der Waals surface area (Å²) in [5.41, 5.74) is 43.3. The van der Waals surface area contributed by atoms with Crippen LogP contribution in [-0.4, -0.2) is 0 Å². The summed E-state index contributed by atoms with van der Waals surface area (Å²) in [6.07, 6.45) is 0. The molecule has 0 amide bonds. The van der Waals surface area contributed by atoms with E-state index in [1.165, 1.54) is 185 Å². The highest BCUT2D eigenvalue weighted by Crippen LogP contribution is 2.61. The molecule has 0 saturated heterocycles. The molecule has 2 heterocycles. The lowest BCUT2D eigenvalue weighted by molar-refractivity contribution is 0.660. The second-order valence-electron chi connectivity index (χ2n) is 37.0. The third kappa shape index (κ3) is 11.6. The van der Waals surface area contributed by atoms with Crippen molar-refractivity contribution in [1.29, 1.82) is 0 Å². The Balaban J connectivity index is 0.596.